The molecule has 0 aromatic rings. The Kier molecular flexibility index (Phi) is 16.0. The average molecular weight is 287 g/mol. The second-order valence-corrected chi connectivity index (χ2v) is 1.52. The second-order valence-electron chi connectivity index (χ2n) is 1.08. The fraction of sp³-hybridized carbons (Fsp3) is 1.00. The van der Waals surface area contributed by atoms with E-state index in [-0.39, 0.29) is 22.4 Å². The van der Waals surface area contributed by atoms with E-state index in [9.17, 15) is 0 Å². The maximum absolute atomic E-state index is 4.00. The van der Waals surface area contributed by atoms with Gasteiger partial charge in [0.2, 0.25) is 0 Å². The molecule has 0 nitrogen and oxygen atoms in total. The van der Waals surface area contributed by atoms with Gasteiger partial charge in [-0.3, -0.25) is 0 Å². The molecule has 0 bridgehead atoms. The Morgan fingerprint density at radius 2 is 2.00 bits per heavy atom. The van der Waals surface area contributed by atoms with Gasteiger partial charge in [-0.25, -0.2) is 0 Å². The van der Waals surface area contributed by atoms with Gasteiger partial charge in [0.15, 0.2) is 0 Å². The van der Waals surface area contributed by atoms with Gasteiger partial charge in [-0.15, -0.1) is 0 Å². The molecule has 43 valence electrons. The normalized spacial score (nSPS) is 7.00. The molecule has 0 N–H and O–H groups in total. The third-order valence-corrected chi connectivity index (χ3v) is 0.828. The first-order chi connectivity index (χ1) is 2.41. The van der Waals surface area contributed by atoms with Crippen molar-refractivity contribution in [2.45, 2.75) is 19.8 Å². The predicted octanol–water partition coefficient (Wildman–Crippen LogP) is 1.71. The molecule has 0 saturated carbocycles. The maximum Gasteiger partial charge on any atom is 0 e. The van der Waals surface area contributed by atoms with Crippen molar-refractivity contribution in [1.29, 1.82) is 0 Å². The van der Waals surface area contributed by atoms with E-state index in [1.165, 1.54) is 12.8 Å². The molecule has 0 aromatic carbocycles. The summed E-state index contributed by atoms with van der Waals surface area (Å²) < 4.78 is 0. The Morgan fingerprint density at radius 3 is 2.00 bits per heavy atom. The molecule has 0 aliphatic rings. The minimum atomic E-state index is 0. The van der Waals surface area contributed by atoms with Crippen LogP contribution in [-0.4, -0.2) is 5.75 Å². The molecule has 0 atom stereocenters. The first kappa shape index (κ1) is 10.1. The summed E-state index contributed by atoms with van der Waals surface area (Å²) in [6.07, 6.45) is 2.52. The third-order valence-electron chi connectivity index (χ3n) is 0.512. The summed E-state index contributed by atoms with van der Waals surface area (Å²) in [5.41, 5.74) is 0. The number of unbranched alkanes of at least 4 members (excludes halogenated alkanes) is 1. The molecular weight excluding hydrogens is 277 g/mol. The first-order valence-electron chi connectivity index (χ1n) is 2.02. The fourth-order valence-electron chi connectivity index (χ4n) is 0.158. The predicted molar refractivity (Wildman–Crippen MR) is 28.8 cm³/mol. The van der Waals surface area contributed by atoms with Crippen LogP contribution in [-0.2, 0) is 22.4 Å². The largest absolute Gasteiger partial charge is 0.179 e. The standard InChI is InChI=1S/C4H10S.Au/c1-2-3-4-5;/h5H,2-4H2,1H3;. The van der Waals surface area contributed by atoms with Gasteiger partial charge in [0.1, 0.15) is 0 Å². The first-order valence-corrected chi connectivity index (χ1v) is 2.66. The molecule has 2 heteroatoms. The van der Waals surface area contributed by atoms with Crippen LogP contribution in [0.4, 0.5) is 0 Å². The van der Waals surface area contributed by atoms with Crippen LogP contribution in [0.3, 0.4) is 0 Å². The summed E-state index contributed by atoms with van der Waals surface area (Å²) in [6.45, 7) is 2.16. The van der Waals surface area contributed by atoms with Crippen LogP contribution in [0.2, 0.25) is 0 Å². The van der Waals surface area contributed by atoms with Crippen molar-refractivity contribution in [3.8, 4) is 0 Å². The summed E-state index contributed by atoms with van der Waals surface area (Å²) >= 11 is 4.00. The number of thiol groups is 1. The van der Waals surface area contributed by atoms with Crippen molar-refractivity contribution >= 4 is 12.6 Å². The molecule has 0 rings (SSSR count). The number of hydrogen-bond acceptors (Lipinski definition) is 1. The Labute approximate surface area is 60.6 Å². The molecule has 0 aliphatic heterocycles. The van der Waals surface area contributed by atoms with Crippen LogP contribution >= 0.6 is 12.6 Å². The molecule has 0 unspecified atom stereocenters. The van der Waals surface area contributed by atoms with Gasteiger partial charge in [0.05, 0.1) is 0 Å². The Morgan fingerprint density at radius 1 is 1.50 bits per heavy atom. The SMILES string of the molecule is CCCCS.[Au]. The minimum absolute atomic E-state index is 0. The summed E-state index contributed by atoms with van der Waals surface area (Å²) in [5.74, 6) is 1.04. The molecule has 0 saturated heterocycles. The van der Waals surface area contributed by atoms with Crippen LogP contribution in [0.25, 0.3) is 0 Å². The van der Waals surface area contributed by atoms with Crippen LogP contribution in [0.15, 0.2) is 0 Å². The zero-order chi connectivity index (χ0) is 4.12. The van der Waals surface area contributed by atoms with E-state index in [2.05, 4.69) is 19.6 Å². The zero-order valence-electron chi connectivity index (χ0n) is 3.87. The van der Waals surface area contributed by atoms with Crippen LogP contribution in [0.1, 0.15) is 19.8 Å². The van der Waals surface area contributed by atoms with Gasteiger partial charge >= 0.3 is 0 Å². The second kappa shape index (κ2) is 9.43. The topological polar surface area (TPSA) is 0 Å². The summed E-state index contributed by atoms with van der Waals surface area (Å²) in [4.78, 5) is 0. The molecule has 1 radical (unpaired) electrons. The van der Waals surface area contributed by atoms with Gasteiger partial charge in [-0.05, 0) is 12.2 Å². The molecular formula is C4H10AuS. The maximum atomic E-state index is 4.00. The van der Waals surface area contributed by atoms with E-state index < -0.39 is 0 Å². The van der Waals surface area contributed by atoms with Crippen LogP contribution in [0, 0.1) is 0 Å². The molecule has 0 aromatic heterocycles. The molecule has 0 aliphatic carbocycles. The fourth-order valence-corrected chi connectivity index (χ4v) is 0.474. The van der Waals surface area contributed by atoms with Gasteiger partial charge in [-0.1, -0.05) is 13.3 Å². The molecule has 0 spiro atoms. The summed E-state index contributed by atoms with van der Waals surface area (Å²) in [5, 5.41) is 0. The average Bonchev–Trinajstić information content (AvgIpc) is 1.41. The van der Waals surface area contributed by atoms with Crippen molar-refractivity contribution in [2.24, 2.45) is 0 Å². The van der Waals surface area contributed by atoms with Crippen molar-refractivity contribution < 1.29 is 22.4 Å². The molecule has 0 amide bonds. The molecule has 0 heterocycles. The summed E-state index contributed by atoms with van der Waals surface area (Å²) in [6, 6.07) is 0. The Bertz CT molecular complexity index is 15.0. The van der Waals surface area contributed by atoms with E-state index in [1.54, 1.807) is 0 Å². The van der Waals surface area contributed by atoms with E-state index in [0.29, 0.717) is 0 Å². The van der Waals surface area contributed by atoms with Crippen LogP contribution < -0.4 is 0 Å². The zero-order valence-corrected chi connectivity index (χ0v) is 6.93. The van der Waals surface area contributed by atoms with Gasteiger partial charge in [-0.2, -0.15) is 12.6 Å². The van der Waals surface area contributed by atoms with Crippen molar-refractivity contribution in [1.82, 2.24) is 0 Å². The van der Waals surface area contributed by atoms with Gasteiger partial charge in [0.25, 0.3) is 0 Å². The Balaban J connectivity index is 0. The van der Waals surface area contributed by atoms with E-state index in [1.807, 2.05) is 0 Å². The van der Waals surface area contributed by atoms with Gasteiger partial charge in [0, 0.05) is 22.4 Å². The smallest absolute Gasteiger partial charge is 0 e. The van der Waals surface area contributed by atoms with Crippen molar-refractivity contribution in [2.75, 3.05) is 5.75 Å². The Hall–Kier alpha value is 1.09. The van der Waals surface area contributed by atoms with E-state index in [0.717, 1.165) is 5.75 Å². The van der Waals surface area contributed by atoms with Gasteiger partial charge < -0.3 is 0 Å². The van der Waals surface area contributed by atoms with E-state index >= 15 is 0 Å². The van der Waals surface area contributed by atoms with Crippen LogP contribution in [0.5, 0.6) is 0 Å². The van der Waals surface area contributed by atoms with E-state index in [4.69, 9.17) is 0 Å². The molecule has 0 fully saturated rings. The number of rotatable bonds is 2. The quantitative estimate of drug-likeness (QED) is 0.580. The third kappa shape index (κ3) is 8.92. The van der Waals surface area contributed by atoms with Crippen molar-refractivity contribution in [3.05, 3.63) is 0 Å². The summed E-state index contributed by atoms with van der Waals surface area (Å²) in [7, 11) is 0. The number of hydrogen-bond donors (Lipinski definition) is 1. The molecule has 6 heavy (non-hydrogen) atoms. The monoisotopic (exact) mass is 287 g/mol. The minimum Gasteiger partial charge on any atom is -0.179 e. The van der Waals surface area contributed by atoms with Crippen molar-refractivity contribution in [3.63, 3.8) is 0 Å².